The molecule has 0 aliphatic heterocycles. The lowest BCUT2D eigenvalue weighted by Gasteiger charge is -2.07. The Labute approximate surface area is 145 Å². The fourth-order valence-corrected chi connectivity index (χ4v) is 3.48. The highest BCUT2D eigenvalue weighted by molar-refractivity contribution is 7.92. The molecule has 25 heavy (non-hydrogen) atoms. The van der Waals surface area contributed by atoms with Gasteiger partial charge in [-0.15, -0.1) is 0 Å². The van der Waals surface area contributed by atoms with Crippen LogP contribution in [0.15, 0.2) is 29.9 Å². The van der Waals surface area contributed by atoms with Gasteiger partial charge in [-0.05, 0) is 49.5 Å². The Kier molecular flexibility index (Phi) is 3.55. The van der Waals surface area contributed by atoms with Gasteiger partial charge in [-0.2, -0.15) is 5.10 Å². The molecule has 1 saturated carbocycles. The number of aromatic nitrogens is 4. The number of hydrogen-bond donors (Lipinski definition) is 1. The zero-order valence-electron chi connectivity index (χ0n) is 14.0. The summed E-state index contributed by atoms with van der Waals surface area (Å²) in [5.74, 6) is 1.39. The molecule has 130 valence electrons. The average Bonchev–Trinajstić information content (AvgIpc) is 3.24. The van der Waals surface area contributed by atoms with Gasteiger partial charge in [0.2, 0.25) is 10.0 Å². The van der Waals surface area contributed by atoms with E-state index in [1.165, 1.54) is 24.5 Å². The van der Waals surface area contributed by atoms with Crippen LogP contribution in [-0.2, 0) is 17.1 Å². The van der Waals surface area contributed by atoms with Crippen molar-refractivity contribution >= 4 is 27.1 Å². The summed E-state index contributed by atoms with van der Waals surface area (Å²) in [6.45, 7) is 1.83. The van der Waals surface area contributed by atoms with Gasteiger partial charge in [0.15, 0.2) is 0 Å². The first-order chi connectivity index (χ1) is 11.8. The molecule has 1 fully saturated rings. The first kappa shape index (κ1) is 16.0. The number of primary sulfonamides is 1. The van der Waals surface area contributed by atoms with E-state index < -0.39 is 10.0 Å². The molecule has 0 spiro atoms. The molecule has 3 heterocycles. The Bertz CT molecular complexity index is 1100. The van der Waals surface area contributed by atoms with Crippen LogP contribution in [0.4, 0.5) is 0 Å². The van der Waals surface area contributed by atoms with E-state index in [2.05, 4.69) is 16.1 Å². The van der Waals surface area contributed by atoms with Gasteiger partial charge >= 0.3 is 0 Å². The lowest BCUT2D eigenvalue weighted by atomic mass is 10.1. The van der Waals surface area contributed by atoms with E-state index in [9.17, 15) is 8.42 Å². The fraction of sp³-hybridized carbons (Fsp3) is 0.294. The molecule has 0 bridgehead atoms. The van der Waals surface area contributed by atoms with E-state index in [4.69, 9.17) is 5.14 Å². The van der Waals surface area contributed by atoms with Crippen LogP contribution in [0.25, 0.3) is 22.9 Å². The maximum absolute atomic E-state index is 11.3. The molecule has 1 aliphatic carbocycles. The molecule has 0 radical (unpaired) electrons. The molecule has 0 saturated heterocycles. The van der Waals surface area contributed by atoms with E-state index in [1.54, 1.807) is 4.68 Å². The van der Waals surface area contributed by atoms with Crippen LogP contribution in [-0.4, -0.2) is 27.7 Å². The second-order valence-corrected chi connectivity index (χ2v) is 7.93. The van der Waals surface area contributed by atoms with E-state index in [-0.39, 0.29) is 0 Å². The Morgan fingerprint density at radius 2 is 2.12 bits per heavy atom. The van der Waals surface area contributed by atoms with Crippen molar-refractivity contribution in [3.05, 3.63) is 46.8 Å². The molecule has 0 aromatic carbocycles. The number of rotatable bonds is 4. The van der Waals surface area contributed by atoms with Crippen LogP contribution < -0.4 is 5.14 Å². The zero-order valence-corrected chi connectivity index (χ0v) is 14.9. The second kappa shape index (κ2) is 5.53. The van der Waals surface area contributed by atoms with E-state index >= 15 is 0 Å². The minimum atomic E-state index is -3.71. The normalized spacial score (nSPS) is 15.5. The predicted octanol–water partition coefficient (Wildman–Crippen LogP) is 2.20. The molecule has 1 aliphatic rings. The topological polar surface area (TPSA) is 95.8 Å². The van der Waals surface area contributed by atoms with Crippen LogP contribution in [0, 0.1) is 6.92 Å². The standard InChI is InChI=1S/C17H19N5O2S/c1-11-15(6-8-25(18,23)24)17(21(2)20-11)22-7-5-13-9-14(12-3-4-12)10-19-16(13)22/h5-10,12H,3-4H2,1-2H3,(H2,18,23,24)/b8-6+. The van der Waals surface area contributed by atoms with Crippen molar-refractivity contribution in [2.75, 3.05) is 0 Å². The Balaban J connectivity index is 1.87. The Morgan fingerprint density at radius 1 is 1.36 bits per heavy atom. The summed E-state index contributed by atoms with van der Waals surface area (Å²) >= 11 is 0. The molecule has 2 N–H and O–H groups in total. The van der Waals surface area contributed by atoms with Gasteiger partial charge in [-0.3, -0.25) is 9.25 Å². The maximum atomic E-state index is 11.3. The van der Waals surface area contributed by atoms with E-state index in [0.29, 0.717) is 17.2 Å². The highest BCUT2D eigenvalue weighted by atomic mass is 32.2. The van der Waals surface area contributed by atoms with Gasteiger partial charge in [0, 0.05) is 35.8 Å². The van der Waals surface area contributed by atoms with Crippen LogP contribution in [0.3, 0.4) is 0 Å². The quantitative estimate of drug-likeness (QED) is 0.774. The average molecular weight is 357 g/mol. The van der Waals surface area contributed by atoms with Crippen molar-refractivity contribution in [3.8, 4) is 5.82 Å². The summed E-state index contributed by atoms with van der Waals surface area (Å²) < 4.78 is 26.2. The highest BCUT2D eigenvalue weighted by Crippen LogP contribution is 2.40. The molecular formula is C17H19N5O2S. The van der Waals surface area contributed by atoms with Crippen LogP contribution in [0.1, 0.15) is 35.6 Å². The molecule has 0 amide bonds. The van der Waals surface area contributed by atoms with Crippen molar-refractivity contribution in [3.63, 3.8) is 0 Å². The SMILES string of the molecule is Cc1nn(C)c(-n2ccc3cc(C4CC4)cnc32)c1/C=C/S(N)(=O)=O. The number of pyridine rings is 1. The minimum Gasteiger partial charge on any atom is -0.285 e. The third-order valence-corrected chi connectivity index (χ3v) is 5.00. The largest absolute Gasteiger partial charge is 0.285 e. The van der Waals surface area contributed by atoms with Gasteiger partial charge in [-0.1, -0.05) is 0 Å². The Morgan fingerprint density at radius 3 is 2.80 bits per heavy atom. The number of fused-ring (bicyclic) bond motifs is 1. The molecule has 3 aromatic heterocycles. The summed E-state index contributed by atoms with van der Waals surface area (Å²) in [5.41, 5.74) is 3.51. The summed E-state index contributed by atoms with van der Waals surface area (Å²) in [5, 5.41) is 11.6. The van der Waals surface area contributed by atoms with Gasteiger partial charge in [0.1, 0.15) is 11.5 Å². The monoisotopic (exact) mass is 357 g/mol. The van der Waals surface area contributed by atoms with Crippen LogP contribution >= 0.6 is 0 Å². The van der Waals surface area contributed by atoms with Gasteiger partial charge in [-0.25, -0.2) is 18.5 Å². The van der Waals surface area contributed by atoms with Gasteiger partial charge < -0.3 is 0 Å². The van der Waals surface area contributed by atoms with Gasteiger partial charge in [0.25, 0.3) is 0 Å². The fourth-order valence-electron chi connectivity index (χ4n) is 3.16. The van der Waals surface area contributed by atoms with E-state index in [0.717, 1.165) is 22.3 Å². The first-order valence-electron chi connectivity index (χ1n) is 8.05. The number of sulfonamides is 1. The van der Waals surface area contributed by atoms with Crippen molar-refractivity contribution < 1.29 is 8.42 Å². The third kappa shape index (κ3) is 2.98. The lowest BCUT2D eigenvalue weighted by molar-refractivity contribution is 0.606. The molecule has 0 unspecified atom stereocenters. The minimum absolute atomic E-state index is 0.646. The Hall–Kier alpha value is -2.45. The maximum Gasteiger partial charge on any atom is 0.231 e. The predicted molar refractivity (Wildman–Crippen MR) is 96.7 cm³/mol. The smallest absolute Gasteiger partial charge is 0.231 e. The molecule has 7 nitrogen and oxygen atoms in total. The second-order valence-electron chi connectivity index (χ2n) is 6.48. The summed E-state index contributed by atoms with van der Waals surface area (Å²) in [6, 6.07) is 4.20. The van der Waals surface area contributed by atoms with Crippen LogP contribution in [0.2, 0.25) is 0 Å². The summed E-state index contributed by atoms with van der Waals surface area (Å²) in [7, 11) is -1.89. The van der Waals surface area contributed by atoms with Crippen LogP contribution in [0.5, 0.6) is 0 Å². The molecular weight excluding hydrogens is 338 g/mol. The first-order valence-corrected chi connectivity index (χ1v) is 9.66. The number of hydrogen-bond acceptors (Lipinski definition) is 4. The van der Waals surface area contributed by atoms with Crippen molar-refractivity contribution in [2.24, 2.45) is 12.2 Å². The summed E-state index contributed by atoms with van der Waals surface area (Å²) in [4.78, 5) is 4.63. The molecule has 3 aromatic rings. The van der Waals surface area contributed by atoms with Crippen molar-refractivity contribution in [1.29, 1.82) is 0 Å². The molecule has 4 rings (SSSR count). The van der Waals surface area contributed by atoms with Gasteiger partial charge in [0.05, 0.1) is 5.69 Å². The third-order valence-electron chi connectivity index (χ3n) is 4.49. The number of aryl methyl sites for hydroxylation is 2. The molecule has 0 atom stereocenters. The van der Waals surface area contributed by atoms with Crippen molar-refractivity contribution in [2.45, 2.75) is 25.7 Å². The van der Waals surface area contributed by atoms with Crippen molar-refractivity contribution in [1.82, 2.24) is 19.3 Å². The highest BCUT2D eigenvalue weighted by Gasteiger charge is 2.24. The summed E-state index contributed by atoms with van der Waals surface area (Å²) in [6.07, 6.45) is 7.81. The zero-order chi connectivity index (χ0) is 17.8. The molecule has 8 heteroatoms. The van der Waals surface area contributed by atoms with E-state index in [1.807, 2.05) is 37.0 Å². The lowest BCUT2D eigenvalue weighted by Crippen LogP contribution is -2.07. The number of nitrogens with zero attached hydrogens (tertiary/aromatic N) is 4. The number of nitrogens with two attached hydrogens (primary N) is 1.